The summed E-state index contributed by atoms with van der Waals surface area (Å²) < 4.78 is 1.60. The molecular formula is C19H19ClN4O2. The van der Waals surface area contributed by atoms with Gasteiger partial charge in [0.1, 0.15) is 0 Å². The quantitative estimate of drug-likeness (QED) is 0.724. The zero-order valence-electron chi connectivity index (χ0n) is 14.3. The summed E-state index contributed by atoms with van der Waals surface area (Å²) in [5.74, 6) is -0.290. The van der Waals surface area contributed by atoms with Crippen LogP contribution in [0, 0.1) is 0 Å². The van der Waals surface area contributed by atoms with Crippen LogP contribution < -0.4 is 0 Å². The molecule has 1 N–H and O–H groups in total. The molecule has 0 saturated heterocycles. The largest absolute Gasteiger partial charge is 0.387 e. The molecule has 134 valence electrons. The highest BCUT2D eigenvalue weighted by molar-refractivity contribution is 6.30. The summed E-state index contributed by atoms with van der Waals surface area (Å²) >= 11 is 5.88. The van der Waals surface area contributed by atoms with Crippen LogP contribution in [0.1, 0.15) is 27.7 Å². The number of aromatic nitrogens is 3. The maximum atomic E-state index is 12.5. The van der Waals surface area contributed by atoms with Crippen molar-refractivity contribution in [2.24, 2.45) is 0 Å². The molecule has 0 aliphatic carbocycles. The third kappa shape index (κ3) is 4.47. The Kier molecular flexibility index (Phi) is 5.65. The van der Waals surface area contributed by atoms with Crippen LogP contribution in [0.25, 0.3) is 0 Å². The van der Waals surface area contributed by atoms with E-state index in [4.69, 9.17) is 11.6 Å². The van der Waals surface area contributed by atoms with Gasteiger partial charge in [-0.1, -0.05) is 59.3 Å². The number of hydrogen-bond acceptors (Lipinski definition) is 4. The van der Waals surface area contributed by atoms with Crippen molar-refractivity contribution in [3.63, 3.8) is 0 Å². The van der Waals surface area contributed by atoms with Crippen molar-refractivity contribution in [1.29, 1.82) is 0 Å². The van der Waals surface area contributed by atoms with E-state index in [0.29, 0.717) is 11.6 Å². The Morgan fingerprint density at radius 1 is 1.19 bits per heavy atom. The summed E-state index contributed by atoms with van der Waals surface area (Å²) in [5, 5.41) is 18.9. The number of amides is 1. The molecule has 1 unspecified atom stereocenters. The van der Waals surface area contributed by atoms with Crippen molar-refractivity contribution < 1.29 is 9.90 Å². The van der Waals surface area contributed by atoms with E-state index in [2.05, 4.69) is 10.3 Å². The Morgan fingerprint density at radius 3 is 2.58 bits per heavy atom. The number of aliphatic hydroxyl groups is 1. The predicted molar refractivity (Wildman–Crippen MR) is 98.9 cm³/mol. The maximum Gasteiger partial charge on any atom is 0.275 e. The smallest absolute Gasteiger partial charge is 0.275 e. The van der Waals surface area contributed by atoms with E-state index >= 15 is 0 Å². The van der Waals surface area contributed by atoms with Gasteiger partial charge in [0, 0.05) is 12.1 Å². The maximum absolute atomic E-state index is 12.5. The Bertz CT molecular complexity index is 865. The van der Waals surface area contributed by atoms with Crippen LogP contribution in [-0.4, -0.2) is 44.5 Å². The lowest BCUT2D eigenvalue weighted by Gasteiger charge is -2.20. The van der Waals surface area contributed by atoms with Gasteiger partial charge >= 0.3 is 0 Å². The van der Waals surface area contributed by atoms with E-state index in [1.54, 1.807) is 30.1 Å². The summed E-state index contributed by atoms with van der Waals surface area (Å²) in [6.45, 7) is 0.667. The van der Waals surface area contributed by atoms with Crippen LogP contribution in [0.3, 0.4) is 0 Å². The normalized spacial score (nSPS) is 12.0. The Morgan fingerprint density at radius 2 is 1.88 bits per heavy atom. The molecule has 0 bridgehead atoms. The molecule has 3 rings (SSSR count). The first-order chi connectivity index (χ1) is 12.5. The van der Waals surface area contributed by atoms with E-state index in [9.17, 15) is 9.90 Å². The molecule has 0 spiro atoms. The van der Waals surface area contributed by atoms with Crippen molar-refractivity contribution in [3.8, 4) is 0 Å². The van der Waals surface area contributed by atoms with Gasteiger partial charge in [-0.3, -0.25) is 4.79 Å². The first-order valence-electron chi connectivity index (χ1n) is 8.16. The van der Waals surface area contributed by atoms with Crippen molar-refractivity contribution in [1.82, 2.24) is 19.9 Å². The molecule has 2 aromatic carbocycles. The first kappa shape index (κ1) is 18.1. The van der Waals surface area contributed by atoms with Gasteiger partial charge in [0.05, 0.1) is 25.4 Å². The van der Waals surface area contributed by atoms with Gasteiger partial charge in [-0.05, 0) is 23.3 Å². The van der Waals surface area contributed by atoms with E-state index in [1.165, 1.54) is 4.90 Å². The fourth-order valence-electron chi connectivity index (χ4n) is 2.57. The van der Waals surface area contributed by atoms with E-state index in [0.717, 1.165) is 11.1 Å². The number of carbonyl (C=O) groups is 1. The van der Waals surface area contributed by atoms with Gasteiger partial charge in [-0.2, -0.15) is 0 Å². The molecule has 0 radical (unpaired) electrons. The Labute approximate surface area is 156 Å². The SMILES string of the molecule is CN(CC(O)c1ccccc1)C(=O)c1cn(Cc2ccc(Cl)cc2)nn1. The topological polar surface area (TPSA) is 71.2 Å². The van der Waals surface area contributed by atoms with Crippen LogP contribution in [0.15, 0.2) is 60.8 Å². The minimum atomic E-state index is -0.755. The Balaban J connectivity index is 1.62. The molecule has 1 atom stereocenters. The van der Waals surface area contributed by atoms with Crippen molar-refractivity contribution >= 4 is 17.5 Å². The molecule has 1 heterocycles. The number of carbonyl (C=O) groups excluding carboxylic acids is 1. The number of halogens is 1. The highest BCUT2D eigenvalue weighted by Crippen LogP contribution is 2.14. The molecule has 1 aromatic heterocycles. The van der Waals surface area contributed by atoms with Gasteiger partial charge in [0.2, 0.25) is 0 Å². The van der Waals surface area contributed by atoms with Crippen molar-refractivity contribution in [3.05, 3.63) is 82.6 Å². The number of rotatable bonds is 6. The molecule has 0 aliphatic heterocycles. The highest BCUT2D eigenvalue weighted by Gasteiger charge is 2.19. The van der Waals surface area contributed by atoms with Gasteiger partial charge in [-0.25, -0.2) is 4.68 Å². The summed E-state index contributed by atoms with van der Waals surface area (Å²) in [6.07, 6.45) is 0.844. The standard InChI is InChI=1S/C19H19ClN4O2/c1-23(13-18(25)15-5-3-2-4-6-15)19(26)17-12-24(22-21-17)11-14-7-9-16(20)10-8-14/h2-10,12,18,25H,11,13H2,1H3. The van der Waals surface area contributed by atoms with Gasteiger partial charge in [0.15, 0.2) is 5.69 Å². The van der Waals surface area contributed by atoms with E-state index in [-0.39, 0.29) is 18.1 Å². The summed E-state index contributed by atoms with van der Waals surface area (Å²) in [7, 11) is 1.63. The predicted octanol–water partition coefficient (Wildman–Crippen LogP) is 2.79. The molecule has 6 nitrogen and oxygen atoms in total. The van der Waals surface area contributed by atoms with Crippen LogP contribution in [0.5, 0.6) is 0 Å². The van der Waals surface area contributed by atoms with Gasteiger partial charge < -0.3 is 10.0 Å². The summed E-state index contributed by atoms with van der Waals surface area (Å²) in [4.78, 5) is 13.9. The molecular weight excluding hydrogens is 352 g/mol. The molecule has 7 heteroatoms. The lowest BCUT2D eigenvalue weighted by atomic mass is 10.1. The second kappa shape index (κ2) is 8.12. The summed E-state index contributed by atoms with van der Waals surface area (Å²) in [6, 6.07) is 16.6. The van der Waals surface area contributed by atoms with Crippen LogP contribution in [0.4, 0.5) is 0 Å². The van der Waals surface area contributed by atoms with Crippen LogP contribution in [0.2, 0.25) is 5.02 Å². The second-order valence-corrected chi connectivity index (χ2v) is 6.48. The number of nitrogens with zero attached hydrogens (tertiary/aromatic N) is 4. The molecule has 3 aromatic rings. The highest BCUT2D eigenvalue weighted by atomic mass is 35.5. The first-order valence-corrected chi connectivity index (χ1v) is 8.54. The average Bonchev–Trinajstić information content (AvgIpc) is 3.12. The monoisotopic (exact) mass is 370 g/mol. The number of benzene rings is 2. The Hall–Kier alpha value is -2.70. The van der Waals surface area contributed by atoms with Crippen LogP contribution >= 0.6 is 11.6 Å². The lowest BCUT2D eigenvalue weighted by molar-refractivity contribution is 0.0675. The number of likely N-dealkylation sites (N-methyl/N-ethyl adjacent to an activating group) is 1. The fourth-order valence-corrected chi connectivity index (χ4v) is 2.70. The minimum absolute atomic E-state index is 0.174. The average molecular weight is 371 g/mol. The van der Waals surface area contributed by atoms with E-state index < -0.39 is 6.10 Å². The summed E-state index contributed by atoms with van der Waals surface area (Å²) in [5.41, 5.74) is 2.01. The number of hydrogen-bond donors (Lipinski definition) is 1. The molecule has 1 amide bonds. The second-order valence-electron chi connectivity index (χ2n) is 6.04. The molecule has 0 saturated carbocycles. The van der Waals surface area contributed by atoms with Gasteiger partial charge in [0.25, 0.3) is 5.91 Å². The molecule has 0 aliphatic rings. The van der Waals surface area contributed by atoms with Crippen LogP contribution in [-0.2, 0) is 6.54 Å². The third-order valence-corrected chi connectivity index (χ3v) is 4.25. The zero-order chi connectivity index (χ0) is 18.5. The third-order valence-electron chi connectivity index (χ3n) is 3.99. The molecule has 0 fully saturated rings. The minimum Gasteiger partial charge on any atom is -0.387 e. The fraction of sp³-hybridized carbons (Fsp3) is 0.211. The van der Waals surface area contributed by atoms with Crippen molar-refractivity contribution in [2.45, 2.75) is 12.6 Å². The van der Waals surface area contributed by atoms with Crippen molar-refractivity contribution in [2.75, 3.05) is 13.6 Å². The van der Waals surface area contributed by atoms with E-state index in [1.807, 2.05) is 42.5 Å². The lowest BCUT2D eigenvalue weighted by Crippen LogP contribution is -2.31. The number of aliphatic hydroxyl groups excluding tert-OH is 1. The van der Waals surface area contributed by atoms with Gasteiger partial charge in [-0.15, -0.1) is 5.10 Å². The molecule has 26 heavy (non-hydrogen) atoms. The zero-order valence-corrected chi connectivity index (χ0v) is 15.0.